The maximum Gasteiger partial charge on any atom is 0.229 e. The van der Waals surface area contributed by atoms with Gasteiger partial charge in [-0.15, -0.1) is 0 Å². The van der Waals surface area contributed by atoms with Crippen molar-refractivity contribution < 1.29 is 4.79 Å². The van der Waals surface area contributed by atoms with E-state index in [0.717, 1.165) is 57.9 Å². The molecule has 0 radical (unpaired) electrons. The van der Waals surface area contributed by atoms with E-state index in [1.165, 1.54) is 0 Å². The van der Waals surface area contributed by atoms with Gasteiger partial charge in [-0.05, 0) is 25.1 Å². The number of hydrogen-bond acceptors (Lipinski definition) is 4. The van der Waals surface area contributed by atoms with Gasteiger partial charge in [0.1, 0.15) is 0 Å². The lowest BCUT2D eigenvalue weighted by Crippen LogP contribution is -2.44. The molecule has 1 fully saturated rings. The van der Waals surface area contributed by atoms with Crippen LogP contribution in [0.25, 0.3) is 0 Å². The van der Waals surface area contributed by atoms with Crippen molar-refractivity contribution in [3.63, 3.8) is 0 Å². The van der Waals surface area contributed by atoms with Crippen molar-refractivity contribution in [2.45, 2.75) is 19.8 Å². The Bertz CT molecular complexity index is 208. The van der Waals surface area contributed by atoms with Crippen molar-refractivity contribution >= 4 is 17.7 Å². The van der Waals surface area contributed by atoms with E-state index < -0.39 is 0 Å². The zero-order chi connectivity index (χ0) is 12.3. The summed E-state index contributed by atoms with van der Waals surface area (Å²) in [5.74, 6) is 1.87. The minimum Gasteiger partial charge on any atom is -0.355 e. The molecular formula is C12H25N3OS. The largest absolute Gasteiger partial charge is 0.355 e. The Kier molecular flexibility index (Phi) is 8.48. The number of carbonyl (C=O) groups is 1. The van der Waals surface area contributed by atoms with E-state index >= 15 is 0 Å². The highest BCUT2D eigenvalue weighted by Gasteiger charge is 2.08. The zero-order valence-electron chi connectivity index (χ0n) is 10.8. The molecular weight excluding hydrogens is 234 g/mol. The topological polar surface area (TPSA) is 44.4 Å². The van der Waals surface area contributed by atoms with E-state index in [1.54, 1.807) is 11.8 Å². The van der Waals surface area contributed by atoms with Gasteiger partial charge in [-0.2, -0.15) is 11.8 Å². The lowest BCUT2D eigenvalue weighted by Gasteiger charge is -2.27. The summed E-state index contributed by atoms with van der Waals surface area (Å²) in [7, 11) is 0. The molecule has 0 atom stereocenters. The molecule has 100 valence electrons. The summed E-state index contributed by atoms with van der Waals surface area (Å²) < 4.78 is 0. The molecule has 4 nitrogen and oxygen atoms in total. The average molecular weight is 259 g/mol. The maximum absolute atomic E-state index is 11.4. The van der Waals surface area contributed by atoms with Gasteiger partial charge in [0, 0.05) is 32.7 Å². The fraction of sp³-hybridized carbons (Fsp3) is 0.917. The fourth-order valence-corrected chi connectivity index (χ4v) is 2.55. The molecule has 0 aromatic rings. The first-order chi connectivity index (χ1) is 8.33. The summed E-state index contributed by atoms with van der Waals surface area (Å²) in [5, 5.41) is 6.32. The normalized spacial score (nSPS) is 17.0. The van der Waals surface area contributed by atoms with Crippen LogP contribution < -0.4 is 10.6 Å². The van der Waals surface area contributed by atoms with Gasteiger partial charge in [0.15, 0.2) is 0 Å². The van der Waals surface area contributed by atoms with Gasteiger partial charge < -0.3 is 15.5 Å². The number of nitrogens with zero attached hydrogens (tertiary/aromatic N) is 1. The molecule has 1 saturated heterocycles. The first-order valence-corrected chi connectivity index (χ1v) is 7.76. The standard InChI is InChI=1S/C12H25N3OS/c1-2-10-17-11-12(16)14-4-3-7-15-8-5-13-6-9-15/h13H,2-11H2,1H3,(H,14,16). The summed E-state index contributed by atoms with van der Waals surface area (Å²) in [6.07, 6.45) is 2.20. The number of nitrogens with one attached hydrogen (secondary N) is 2. The predicted molar refractivity (Wildman–Crippen MR) is 74.6 cm³/mol. The molecule has 1 rings (SSSR count). The van der Waals surface area contributed by atoms with Crippen molar-refractivity contribution in [3.05, 3.63) is 0 Å². The van der Waals surface area contributed by atoms with Crippen LogP contribution in [-0.2, 0) is 4.79 Å². The third-order valence-corrected chi connectivity index (χ3v) is 3.93. The summed E-state index contributed by atoms with van der Waals surface area (Å²) in [5.41, 5.74) is 0. The molecule has 0 bridgehead atoms. The molecule has 1 amide bonds. The Balaban J connectivity index is 1.90. The van der Waals surface area contributed by atoms with Crippen LogP contribution in [0.3, 0.4) is 0 Å². The van der Waals surface area contributed by atoms with E-state index in [2.05, 4.69) is 22.5 Å². The smallest absolute Gasteiger partial charge is 0.229 e. The van der Waals surface area contributed by atoms with Gasteiger partial charge in [-0.1, -0.05) is 6.92 Å². The van der Waals surface area contributed by atoms with Gasteiger partial charge in [-0.25, -0.2) is 0 Å². The second-order valence-corrected chi connectivity index (χ2v) is 5.45. The van der Waals surface area contributed by atoms with E-state index in [4.69, 9.17) is 0 Å². The number of thioether (sulfide) groups is 1. The Labute approximate surface area is 109 Å². The molecule has 0 spiro atoms. The summed E-state index contributed by atoms with van der Waals surface area (Å²) in [6, 6.07) is 0. The van der Waals surface area contributed by atoms with E-state index in [-0.39, 0.29) is 5.91 Å². The number of hydrogen-bond donors (Lipinski definition) is 2. The highest BCUT2D eigenvalue weighted by Crippen LogP contribution is 2.00. The van der Waals surface area contributed by atoms with Gasteiger partial charge in [-0.3, -0.25) is 4.79 Å². The molecule has 1 aliphatic heterocycles. The van der Waals surface area contributed by atoms with Crippen molar-refractivity contribution in [1.29, 1.82) is 0 Å². The molecule has 2 N–H and O–H groups in total. The molecule has 17 heavy (non-hydrogen) atoms. The van der Waals surface area contributed by atoms with E-state index in [1.807, 2.05) is 0 Å². The second kappa shape index (κ2) is 9.74. The summed E-state index contributed by atoms with van der Waals surface area (Å²) in [6.45, 7) is 8.53. The monoisotopic (exact) mass is 259 g/mol. The highest BCUT2D eigenvalue weighted by atomic mass is 32.2. The molecule has 0 aromatic carbocycles. The van der Waals surface area contributed by atoms with Crippen LogP contribution >= 0.6 is 11.8 Å². The van der Waals surface area contributed by atoms with Gasteiger partial charge in [0.05, 0.1) is 5.75 Å². The van der Waals surface area contributed by atoms with Crippen LogP contribution in [0.15, 0.2) is 0 Å². The van der Waals surface area contributed by atoms with Crippen LogP contribution in [0.1, 0.15) is 19.8 Å². The Morgan fingerprint density at radius 3 is 2.88 bits per heavy atom. The van der Waals surface area contributed by atoms with Gasteiger partial charge in [0.25, 0.3) is 0 Å². The molecule has 0 unspecified atom stereocenters. The summed E-state index contributed by atoms with van der Waals surface area (Å²) in [4.78, 5) is 13.9. The Morgan fingerprint density at radius 1 is 1.41 bits per heavy atom. The van der Waals surface area contributed by atoms with E-state index in [9.17, 15) is 4.79 Å². The lowest BCUT2D eigenvalue weighted by atomic mass is 10.3. The number of rotatable bonds is 8. The number of piperazine rings is 1. The van der Waals surface area contributed by atoms with Crippen LogP contribution in [0.4, 0.5) is 0 Å². The minimum atomic E-state index is 0.184. The quantitative estimate of drug-likeness (QED) is 0.625. The Hall–Kier alpha value is -0.260. The summed E-state index contributed by atoms with van der Waals surface area (Å²) >= 11 is 1.72. The lowest BCUT2D eigenvalue weighted by molar-refractivity contribution is -0.118. The minimum absolute atomic E-state index is 0.184. The van der Waals surface area contributed by atoms with Crippen molar-refractivity contribution in [2.75, 3.05) is 50.8 Å². The molecule has 1 heterocycles. The van der Waals surface area contributed by atoms with E-state index in [0.29, 0.717) is 5.75 Å². The number of amides is 1. The molecule has 0 saturated carbocycles. The zero-order valence-corrected chi connectivity index (χ0v) is 11.7. The predicted octanol–water partition coefficient (Wildman–Crippen LogP) is 0.541. The number of carbonyl (C=O) groups excluding carboxylic acids is 1. The molecule has 5 heteroatoms. The third-order valence-electron chi connectivity index (χ3n) is 2.76. The average Bonchev–Trinajstić information content (AvgIpc) is 2.36. The van der Waals surface area contributed by atoms with Crippen molar-refractivity contribution in [2.24, 2.45) is 0 Å². The first kappa shape index (κ1) is 14.8. The van der Waals surface area contributed by atoms with Crippen LogP contribution in [0, 0.1) is 0 Å². The second-order valence-electron chi connectivity index (χ2n) is 4.35. The van der Waals surface area contributed by atoms with Crippen molar-refractivity contribution in [3.8, 4) is 0 Å². The van der Waals surface area contributed by atoms with Crippen LogP contribution in [0.2, 0.25) is 0 Å². The SMILES string of the molecule is CCCSCC(=O)NCCCN1CCNCC1. The van der Waals surface area contributed by atoms with Crippen LogP contribution in [0.5, 0.6) is 0 Å². The third kappa shape index (κ3) is 7.63. The Morgan fingerprint density at radius 2 is 2.18 bits per heavy atom. The molecule has 0 aromatic heterocycles. The van der Waals surface area contributed by atoms with Crippen molar-refractivity contribution in [1.82, 2.24) is 15.5 Å². The molecule has 1 aliphatic rings. The highest BCUT2D eigenvalue weighted by molar-refractivity contribution is 7.99. The van der Waals surface area contributed by atoms with Crippen LogP contribution in [-0.4, -0.2) is 61.6 Å². The van der Waals surface area contributed by atoms with Gasteiger partial charge in [0.2, 0.25) is 5.91 Å². The fourth-order valence-electron chi connectivity index (χ4n) is 1.83. The maximum atomic E-state index is 11.4. The van der Waals surface area contributed by atoms with Gasteiger partial charge >= 0.3 is 0 Å². The first-order valence-electron chi connectivity index (χ1n) is 6.60. The molecule has 0 aliphatic carbocycles.